The number of hydrogen-bond donors (Lipinski definition) is 1. The van der Waals surface area contributed by atoms with Gasteiger partial charge in [-0.1, -0.05) is 30.3 Å². The number of nitrogens with one attached hydrogen (secondary N) is 1. The molecule has 3 rings (SSSR count). The number of amides is 1. The normalized spacial score (nSPS) is 13.0. The van der Waals surface area contributed by atoms with Gasteiger partial charge in [0.2, 0.25) is 0 Å². The Hall–Kier alpha value is -2.76. The highest BCUT2D eigenvalue weighted by atomic mass is 19.4. The third kappa shape index (κ3) is 3.13. The zero-order valence-electron chi connectivity index (χ0n) is 12.7. The molecule has 0 aliphatic heterocycles. The maximum absolute atomic E-state index is 13.0. The molecule has 124 valence electrons. The molecule has 0 saturated heterocycles. The van der Waals surface area contributed by atoms with Crippen molar-refractivity contribution in [3.8, 4) is 0 Å². The predicted octanol–water partition coefficient (Wildman–Crippen LogP) is 4.94. The lowest BCUT2D eigenvalue weighted by Crippen LogP contribution is -2.28. The smallest absolute Gasteiger partial charge is 0.417 e. The molecule has 1 unspecified atom stereocenters. The molecule has 0 fully saturated rings. The molecule has 0 bridgehead atoms. The molecule has 0 aliphatic carbocycles. The van der Waals surface area contributed by atoms with Crippen molar-refractivity contribution in [1.82, 2.24) is 5.32 Å². The van der Waals surface area contributed by atoms with E-state index in [2.05, 4.69) is 5.32 Å². The van der Waals surface area contributed by atoms with Gasteiger partial charge in [-0.05, 0) is 31.2 Å². The largest absolute Gasteiger partial charge is 0.459 e. The number of fused-ring (bicyclic) bond motifs is 1. The first-order chi connectivity index (χ1) is 11.4. The van der Waals surface area contributed by atoms with E-state index in [1.807, 2.05) is 18.2 Å². The Kier molecular flexibility index (Phi) is 4.05. The van der Waals surface area contributed by atoms with E-state index < -0.39 is 29.3 Å². The standard InChI is InChI=1S/C18H14F3NO2/c1-11(16-10-12-6-2-5-9-15(12)24-16)22-17(23)13-7-3-4-8-14(13)18(19,20)21/h2-11H,1H3,(H,22,23). The lowest BCUT2D eigenvalue weighted by molar-refractivity contribution is -0.137. The van der Waals surface area contributed by atoms with Crippen molar-refractivity contribution >= 4 is 16.9 Å². The van der Waals surface area contributed by atoms with Gasteiger partial charge in [-0.3, -0.25) is 4.79 Å². The summed E-state index contributed by atoms with van der Waals surface area (Å²) < 4.78 is 44.7. The van der Waals surface area contributed by atoms with Crippen LogP contribution in [0.5, 0.6) is 0 Å². The van der Waals surface area contributed by atoms with Gasteiger partial charge in [-0.2, -0.15) is 13.2 Å². The van der Waals surface area contributed by atoms with Crippen molar-refractivity contribution in [2.75, 3.05) is 0 Å². The van der Waals surface area contributed by atoms with E-state index in [4.69, 9.17) is 4.42 Å². The molecule has 2 aromatic carbocycles. The molecule has 0 radical (unpaired) electrons. The summed E-state index contributed by atoms with van der Waals surface area (Å²) in [6, 6.07) is 13.2. The summed E-state index contributed by atoms with van der Waals surface area (Å²) >= 11 is 0. The Balaban J connectivity index is 1.84. The topological polar surface area (TPSA) is 42.2 Å². The molecule has 1 aromatic heterocycles. The predicted molar refractivity (Wildman–Crippen MR) is 83.5 cm³/mol. The van der Waals surface area contributed by atoms with Gasteiger partial charge in [0.1, 0.15) is 11.3 Å². The first-order valence-corrected chi connectivity index (χ1v) is 7.32. The van der Waals surface area contributed by atoms with Gasteiger partial charge in [0.25, 0.3) is 5.91 Å². The fraction of sp³-hybridized carbons (Fsp3) is 0.167. The van der Waals surface area contributed by atoms with Gasteiger partial charge in [-0.25, -0.2) is 0 Å². The first-order valence-electron chi connectivity index (χ1n) is 7.32. The number of rotatable bonds is 3. The highest BCUT2D eigenvalue weighted by molar-refractivity contribution is 5.96. The van der Waals surface area contributed by atoms with Crippen molar-refractivity contribution in [2.45, 2.75) is 19.1 Å². The number of benzene rings is 2. The van der Waals surface area contributed by atoms with Crippen molar-refractivity contribution in [3.05, 3.63) is 71.5 Å². The van der Waals surface area contributed by atoms with Crippen LogP contribution in [0.4, 0.5) is 13.2 Å². The highest BCUT2D eigenvalue weighted by Crippen LogP contribution is 2.32. The molecule has 1 amide bonds. The zero-order chi connectivity index (χ0) is 17.3. The van der Waals surface area contributed by atoms with E-state index in [9.17, 15) is 18.0 Å². The molecular weight excluding hydrogens is 319 g/mol. The lowest BCUT2D eigenvalue weighted by Gasteiger charge is -2.15. The minimum atomic E-state index is -4.59. The van der Waals surface area contributed by atoms with Crippen LogP contribution in [-0.2, 0) is 6.18 Å². The van der Waals surface area contributed by atoms with E-state index in [1.54, 1.807) is 19.1 Å². The Morgan fingerprint density at radius 1 is 1.08 bits per heavy atom. The van der Waals surface area contributed by atoms with Crippen LogP contribution in [0.25, 0.3) is 11.0 Å². The summed E-state index contributed by atoms with van der Waals surface area (Å²) in [5, 5.41) is 3.42. The molecule has 0 aliphatic rings. The van der Waals surface area contributed by atoms with Crippen LogP contribution >= 0.6 is 0 Å². The van der Waals surface area contributed by atoms with Crippen LogP contribution in [0.3, 0.4) is 0 Å². The second-order valence-electron chi connectivity index (χ2n) is 5.43. The van der Waals surface area contributed by atoms with Crippen molar-refractivity contribution in [3.63, 3.8) is 0 Å². The number of carbonyl (C=O) groups excluding carboxylic acids is 1. The Morgan fingerprint density at radius 2 is 1.75 bits per heavy atom. The van der Waals surface area contributed by atoms with E-state index in [0.29, 0.717) is 11.3 Å². The summed E-state index contributed by atoms with van der Waals surface area (Å²) in [5.74, 6) is -0.315. The maximum Gasteiger partial charge on any atom is 0.417 e. The molecular formula is C18H14F3NO2. The van der Waals surface area contributed by atoms with Gasteiger partial charge >= 0.3 is 6.18 Å². The highest BCUT2D eigenvalue weighted by Gasteiger charge is 2.35. The number of alkyl halides is 3. The third-order valence-corrected chi connectivity index (χ3v) is 3.70. The van der Waals surface area contributed by atoms with Crippen molar-refractivity contribution < 1.29 is 22.4 Å². The second kappa shape index (κ2) is 6.03. The molecule has 3 aromatic rings. The fourth-order valence-corrected chi connectivity index (χ4v) is 2.49. The van der Waals surface area contributed by atoms with Crippen LogP contribution in [0.15, 0.2) is 59.0 Å². The lowest BCUT2D eigenvalue weighted by atomic mass is 10.1. The van der Waals surface area contributed by atoms with Crippen LogP contribution in [0, 0.1) is 0 Å². The van der Waals surface area contributed by atoms with Gasteiger partial charge in [0.15, 0.2) is 0 Å². The number of hydrogen-bond acceptors (Lipinski definition) is 2. The third-order valence-electron chi connectivity index (χ3n) is 3.70. The van der Waals surface area contributed by atoms with Gasteiger partial charge < -0.3 is 9.73 Å². The number of carbonyl (C=O) groups is 1. The van der Waals surface area contributed by atoms with Crippen LogP contribution in [0.1, 0.15) is 34.6 Å². The van der Waals surface area contributed by atoms with Crippen LogP contribution < -0.4 is 5.32 Å². The summed E-state index contributed by atoms with van der Waals surface area (Å²) in [7, 11) is 0. The summed E-state index contributed by atoms with van der Waals surface area (Å²) in [6.07, 6.45) is -4.59. The Labute approximate surface area is 136 Å². The average molecular weight is 333 g/mol. The number of para-hydroxylation sites is 1. The SMILES string of the molecule is CC(NC(=O)c1ccccc1C(F)(F)F)c1cc2ccccc2o1. The Morgan fingerprint density at radius 3 is 2.46 bits per heavy atom. The van der Waals surface area contributed by atoms with Gasteiger partial charge in [0, 0.05) is 5.39 Å². The molecule has 0 saturated carbocycles. The summed E-state index contributed by atoms with van der Waals surface area (Å²) in [6.45, 7) is 1.66. The molecule has 3 nitrogen and oxygen atoms in total. The molecule has 24 heavy (non-hydrogen) atoms. The number of furan rings is 1. The molecule has 6 heteroatoms. The number of halogens is 3. The minimum absolute atomic E-state index is 0.409. The van der Waals surface area contributed by atoms with E-state index in [0.717, 1.165) is 17.5 Å². The minimum Gasteiger partial charge on any atom is -0.459 e. The molecule has 1 heterocycles. The van der Waals surface area contributed by atoms with Crippen molar-refractivity contribution in [2.24, 2.45) is 0 Å². The van der Waals surface area contributed by atoms with Gasteiger partial charge in [-0.15, -0.1) is 0 Å². The Bertz CT molecular complexity index is 850. The molecule has 1 N–H and O–H groups in total. The zero-order valence-corrected chi connectivity index (χ0v) is 12.7. The first kappa shape index (κ1) is 16.1. The monoisotopic (exact) mass is 333 g/mol. The van der Waals surface area contributed by atoms with Crippen molar-refractivity contribution in [1.29, 1.82) is 0 Å². The average Bonchev–Trinajstić information content (AvgIpc) is 2.98. The fourth-order valence-electron chi connectivity index (χ4n) is 2.49. The quantitative estimate of drug-likeness (QED) is 0.737. The van der Waals surface area contributed by atoms with Crippen LogP contribution in [0.2, 0.25) is 0 Å². The van der Waals surface area contributed by atoms with E-state index in [-0.39, 0.29) is 0 Å². The van der Waals surface area contributed by atoms with E-state index >= 15 is 0 Å². The maximum atomic E-state index is 13.0. The van der Waals surface area contributed by atoms with Crippen LogP contribution in [-0.4, -0.2) is 5.91 Å². The molecule has 1 atom stereocenters. The van der Waals surface area contributed by atoms with E-state index in [1.165, 1.54) is 12.1 Å². The molecule has 0 spiro atoms. The summed E-state index contributed by atoms with van der Waals surface area (Å²) in [5.41, 5.74) is -0.712. The van der Waals surface area contributed by atoms with Gasteiger partial charge in [0.05, 0.1) is 17.2 Å². The summed E-state index contributed by atoms with van der Waals surface area (Å²) in [4.78, 5) is 12.3. The second-order valence-corrected chi connectivity index (χ2v) is 5.43.